The van der Waals surface area contributed by atoms with Gasteiger partial charge in [0.05, 0.1) is 17.7 Å². The molecule has 6 heteroatoms. The molecule has 1 aromatic rings. The number of fused-ring (bicyclic) bond motifs is 1. The second-order valence-electron chi connectivity index (χ2n) is 9.30. The van der Waals surface area contributed by atoms with Crippen LogP contribution in [0, 0.1) is 5.41 Å². The monoisotopic (exact) mass is 383 g/mol. The molecule has 0 radical (unpaired) electrons. The number of hydrogen-bond donors (Lipinski definition) is 1. The first-order chi connectivity index (χ1) is 13.4. The van der Waals surface area contributed by atoms with Crippen molar-refractivity contribution in [1.82, 2.24) is 10.3 Å². The van der Waals surface area contributed by atoms with E-state index in [-0.39, 0.29) is 5.91 Å². The average molecular weight is 383 g/mol. The van der Waals surface area contributed by atoms with Gasteiger partial charge in [0.1, 0.15) is 5.75 Å². The molecule has 6 nitrogen and oxygen atoms in total. The summed E-state index contributed by atoms with van der Waals surface area (Å²) in [5, 5.41) is 4.28. The van der Waals surface area contributed by atoms with E-state index in [1.54, 1.807) is 0 Å². The van der Waals surface area contributed by atoms with E-state index in [0.29, 0.717) is 13.0 Å². The van der Waals surface area contributed by atoms with Gasteiger partial charge in [0.25, 0.3) is 0 Å². The van der Waals surface area contributed by atoms with Gasteiger partial charge >= 0.3 is 0 Å². The van der Waals surface area contributed by atoms with E-state index in [1.807, 2.05) is 26.0 Å². The lowest BCUT2D eigenvalue weighted by atomic mass is 9.83. The number of nitrogens with one attached hydrogen (secondary N) is 1. The number of hydrazone groups is 1. The number of amides is 1. The number of ether oxygens (including phenoxy) is 2. The highest BCUT2D eigenvalue weighted by atomic mass is 16.7. The Bertz CT molecular complexity index is 820. The maximum Gasteiger partial charge on any atom is 0.246 e. The first-order valence-corrected chi connectivity index (χ1v) is 10.5. The van der Waals surface area contributed by atoms with Crippen molar-refractivity contribution < 1.29 is 14.3 Å². The molecule has 0 bridgehead atoms. The van der Waals surface area contributed by atoms with Crippen LogP contribution < -0.4 is 10.2 Å². The predicted molar refractivity (Wildman–Crippen MR) is 106 cm³/mol. The van der Waals surface area contributed by atoms with Crippen LogP contribution in [-0.4, -0.2) is 41.4 Å². The molecule has 1 aromatic carbocycles. The summed E-state index contributed by atoms with van der Waals surface area (Å²) in [5.74, 6) is 0.426. The van der Waals surface area contributed by atoms with Crippen LogP contribution in [0.1, 0.15) is 63.5 Å². The molecule has 28 heavy (non-hydrogen) atoms. The molecule has 4 aliphatic rings. The largest absolute Gasteiger partial charge is 0.462 e. The molecule has 1 saturated carbocycles. The zero-order valence-electron chi connectivity index (χ0n) is 16.8. The fourth-order valence-corrected chi connectivity index (χ4v) is 4.61. The summed E-state index contributed by atoms with van der Waals surface area (Å²) in [4.78, 5) is 14.5. The van der Waals surface area contributed by atoms with Crippen molar-refractivity contribution in [3.8, 4) is 5.75 Å². The Balaban J connectivity index is 1.30. The summed E-state index contributed by atoms with van der Waals surface area (Å²) in [5.41, 5.74) is 5.19. The van der Waals surface area contributed by atoms with Gasteiger partial charge in [-0.3, -0.25) is 9.69 Å². The van der Waals surface area contributed by atoms with Crippen molar-refractivity contribution in [2.45, 2.75) is 70.8 Å². The predicted octanol–water partition coefficient (Wildman–Crippen LogP) is 3.19. The molecule has 1 aliphatic carbocycles. The third kappa shape index (κ3) is 3.12. The number of nitrogens with zero attached hydrogens (tertiary/aromatic N) is 2. The van der Waals surface area contributed by atoms with E-state index >= 15 is 0 Å². The van der Waals surface area contributed by atoms with Crippen LogP contribution in [-0.2, 0) is 16.1 Å². The molecule has 0 atom stereocenters. The molecular formula is C22H29N3O3. The van der Waals surface area contributed by atoms with E-state index < -0.39 is 11.2 Å². The summed E-state index contributed by atoms with van der Waals surface area (Å²) in [6.07, 6.45) is 6.56. The van der Waals surface area contributed by atoms with E-state index in [9.17, 15) is 4.79 Å². The molecule has 2 fully saturated rings. The highest BCUT2D eigenvalue weighted by Gasteiger charge is 2.43. The zero-order valence-corrected chi connectivity index (χ0v) is 16.8. The number of carbonyl (C=O) groups is 1. The van der Waals surface area contributed by atoms with Gasteiger partial charge in [-0.1, -0.05) is 20.3 Å². The molecule has 0 aromatic heterocycles. The van der Waals surface area contributed by atoms with Crippen molar-refractivity contribution in [3.05, 3.63) is 29.3 Å². The van der Waals surface area contributed by atoms with E-state index in [1.165, 1.54) is 19.3 Å². The SMILES string of the molecule is CC1(C)CC(c2ccc3c(c2)COC2(CCN(C4CCC4)CC2)O3)=NNC1=O. The lowest BCUT2D eigenvalue weighted by Gasteiger charge is -2.47. The van der Waals surface area contributed by atoms with Crippen LogP contribution in [0.4, 0.5) is 0 Å². The quantitative estimate of drug-likeness (QED) is 0.852. The molecule has 150 valence electrons. The molecule has 0 unspecified atom stereocenters. The number of hydrogen-bond acceptors (Lipinski definition) is 5. The average Bonchev–Trinajstić information content (AvgIpc) is 2.64. The van der Waals surface area contributed by atoms with Crippen molar-refractivity contribution in [2.75, 3.05) is 13.1 Å². The van der Waals surface area contributed by atoms with Gasteiger partial charge in [-0.2, -0.15) is 5.10 Å². The third-order valence-corrected chi connectivity index (χ3v) is 6.85. The van der Waals surface area contributed by atoms with Crippen molar-refractivity contribution in [2.24, 2.45) is 10.5 Å². The van der Waals surface area contributed by atoms with E-state index in [0.717, 1.165) is 54.6 Å². The van der Waals surface area contributed by atoms with Crippen LogP contribution in [0.5, 0.6) is 5.75 Å². The Hall–Kier alpha value is -1.92. The van der Waals surface area contributed by atoms with Crippen LogP contribution in [0.25, 0.3) is 0 Å². The van der Waals surface area contributed by atoms with Gasteiger partial charge in [-0.05, 0) is 36.6 Å². The number of benzene rings is 1. The summed E-state index contributed by atoms with van der Waals surface area (Å²) in [6, 6.07) is 6.97. The second-order valence-corrected chi connectivity index (χ2v) is 9.30. The first kappa shape index (κ1) is 18.1. The molecule has 5 rings (SSSR count). The lowest BCUT2D eigenvalue weighted by Crippen LogP contribution is -2.54. The summed E-state index contributed by atoms with van der Waals surface area (Å²) in [6.45, 7) is 6.58. The maximum absolute atomic E-state index is 11.9. The normalized spacial score (nSPS) is 26.6. The van der Waals surface area contributed by atoms with Crippen LogP contribution in [0.2, 0.25) is 0 Å². The number of rotatable bonds is 2. The molecule has 1 N–H and O–H groups in total. The maximum atomic E-state index is 11.9. The van der Waals surface area contributed by atoms with Gasteiger partial charge in [-0.15, -0.1) is 0 Å². The first-order valence-electron chi connectivity index (χ1n) is 10.5. The van der Waals surface area contributed by atoms with Gasteiger partial charge in [0, 0.05) is 44.0 Å². The van der Waals surface area contributed by atoms with Crippen LogP contribution >= 0.6 is 0 Å². The minimum atomic E-state index is -0.465. The topological polar surface area (TPSA) is 63.2 Å². The van der Waals surface area contributed by atoms with Crippen molar-refractivity contribution in [3.63, 3.8) is 0 Å². The Morgan fingerprint density at radius 3 is 2.68 bits per heavy atom. The summed E-state index contributed by atoms with van der Waals surface area (Å²) in [7, 11) is 0. The van der Waals surface area contributed by atoms with Gasteiger partial charge in [0.15, 0.2) is 0 Å². The molecule has 1 spiro atoms. The number of likely N-dealkylation sites (tertiary alicyclic amines) is 1. The van der Waals surface area contributed by atoms with Gasteiger partial charge in [-0.25, -0.2) is 5.43 Å². The third-order valence-electron chi connectivity index (χ3n) is 6.85. The zero-order chi connectivity index (χ0) is 19.4. The molecule has 3 aliphatic heterocycles. The Morgan fingerprint density at radius 2 is 2.00 bits per heavy atom. The van der Waals surface area contributed by atoms with Gasteiger partial charge in [0.2, 0.25) is 11.7 Å². The lowest BCUT2D eigenvalue weighted by molar-refractivity contribution is -0.231. The minimum absolute atomic E-state index is 0.0314. The van der Waals surface area contributed by atoms with Crippen LogP contribution in [0.3, 0.4) is 0 Å². The Kier molecular flexibility index (Phi) is 4.25. The highest BCUT2D eigenvalue weighted by molar-refractivity contribution is 6.06. The van der Waals surface area contributed by atoms with Crippen molar-refractivity contribution >= 4 is 11.6 Å². The van der Waals surface area contributed by atoms with E-state index in [2.05, 4.69) is 21.5 Å². The standard InChI is InChI=1S/C22H29N3O3/c1-21(2)13-18(23-24-20(21)26)15-6-7-19-16(12-15)14-27-22(28-19)8-10-25(11-9-22)17-4-3-5-17/h6-7,12,17H,3-5,8-11,13-14H2,1-2H3,(H,24,26). The van der Waals surface area contributed by atoms with Crippen LogP contribution in [0.15, 0.2) is 23.3 Å². The Morgan fingerprint density at radius 1 is 1.21 bits per heavy atom. The van der Waals surface area contributed by atoms with Crippen molar-refractivity contribution in [1.29, 1.82) is 0 Å². The Labute approximate surface area is 166 Å². The fourth-order valence-electron chi connectivity index (χ4n) is 4.61. The number of piperidine rings is 1. The summed E-state index contributed by atoms with van der Waals surface area (Å²) >= 11 is 0. The molecule has 3 heterocycles. The fraction of sp³-hybridized carbons (Fsp3) is 0.636. The molecular weight excluding hydrogens is 354 g/mol. The van der Waals surface area contributed by atoms with Gasteiger partial charge < -0.3 is 9.47 Å². The molecule has 1 saturated heterocycles. The minimum Gasteiger partial charge on any atom is -0.462 e. The second kappa shape index (κ2) is 6.56. The molecule has 1 amide bonds. The van der Waals surface area contributed by atoms with E-state index in [4.69, 9.17) is 9.47 Å². The smallest absolute Gasteiger partial charge is 0.246 e. The highest BCUT2D eigenvalue weighted by Crippen LogP contribution is 2.40. The summed E-state index contributed by atoms with van der Waals surface area (Å²) < 4.78 is 12.6. The number of carbonyl (C=O) groups excluding carboxylic acids is 1.